The van der Waals surface area contributed by atoms with Gasteiger partial charge in [0.05, 0.1) is 4.90 Å². The Morgan fingerprint density at radius 2 is 1.73 bits per heavy atom. The Morgan fingerprint density at radius 1 is 1.09 bits per heavy atom. The molecule has 0 fully saturated rings. The Labute approximate surface area is 130 Å². The Hall–Kier alpha value is -2.34. The summed E-state index contributed by atoms with van der Waals surface area (Å²) in [5.41, 5.74) is 2.02. The number of aryl methyl sites for hydroxylation is 1. The third-order valence-corrected chi connectivity index (χ3v) is 4.66. The molecule has 0 saturated carbocycles. The summed E-state index contributed by atoms with van der Waals surface area (Å²) >= 11 is 0. The summed E-state index contributed by atoms with van der Waals surface area (Å²) < 4.78 is 27.1. The average molecular weight is 318 g/mol. The summed E-state index contributed by atoms with van der Waals surface area (Å²) in [6.45, 7) is 3.31. The van der Waals surface area contributed by atoms with Gasteiger partial charge in [-0.15, -0.1) is 0 Å². The lowest BCUT2D eigenvalue weighted by molar-refractivity contribution is -0.116. The second kappa shape index (κ2) is 6.19. The van der Waals surface area contributed by atoms with E-state index in [1.165, 1.54) is 11.8 Å². The van der Waals surface area contributed by atoms with Gasteiger partial charge < -0.3 is 4.90 Å². The highest BCUT2D eigenvalue weighted by molar-refractivity contribution is 7.92. The average Bonchev–Trinajstić information content (AvgIpc) is 2.47. The summed E-state index contributed by atoms with van der Waals surface area (Å²) in [5.74, 6) is -0.0897. The number of benzene rings is 2. The van der Waals surface area contributed by atoms with Crippen molar-refractivity contribution in [3.05, 3.63) is 54.1 Å². The number of nitrogens with zero attached hydrogens (tertiary/aromatic N) is 1. The molecular weight excluding hydrogens is 300 g/mol. The van der Waals surface area contributed by atoms with Crippen molar-refractivity contribution in [3.8, 4) is 0 Å². The summed E-state index contributed by atoms with van der Waals surface area (Å²) in [7, 11) is -1.95. The van der Waals surface area contributed by atoms with Crippen molar-refractivity contribution in [1.29, 1.82) is 0 Å². The number of hydrogen-bond acceptors (Lipinski definition) is 3. The van der Waals surface area contributed by atoms with Gasteiger partial charge in [0.15, 0.2) is 0 Å². The quantitative estimate of drug-likeness (QED) is 0.942. The van der Waals surface area contributed by atoms with Crippen LogP contribution in [0.25, 0.3) is 0 Å². The maximum Gasteiger partial charge on any atom is 0.261 e. The molecule has 2 aromatic carbocycles. The number of sulfonamides is 1. The molecule has 0 aliphatic carbocycles. The number of carbonyl (C=O) groups excluding carboxylic acids is 1. The molecule has 0 bridgehead atoms. The molecule has 0 saturated heterocycles. The number of nitrogens with one attached hydrogen (secondary N) is 1. The Morgan fingerprint density at radius 3 is 2.27 bits per heavy atom. The summed E-state index contributed by atoms with van der Waals surface area (Å²) in [5, 5.41) is 0. The van der Waals surface area contributed by atoms with Crippen molar-refractivity contribution in [1.82, 2.24) is 0 Å². The van der Waals surface area contributed by atoms with E-state index in [1.807, 2.05) is 13.0 Å². The van der Waals surface area contributed by atoms with E-state index in [0.29, 0.717) is 11.4 Å². The smallest absolute Gasteiger partial charge is 0.261 e. The van der Waals surface area contributed by atoms with Crippen molar-refractivity contribution in [2.45, 2.75) is 18.7 Å². The van der Waals surface area contributed by atoms with Crippen molar-refractivity contribution in [2.75, 3.05) is 16.7 Å². The van der Waals surface area contributed by atoms with Crippen LogP contribution in [0.15, 0.2) is 53.4 Å². The minimum absolute atomic E-state index is 0.0897. The Bertz CT molecular complexity index is 783. The molecule has 0 spiro atoms. The Kier molecular flexibility index (Phi) is 4.51. The molecule has 0 radical (unpaired) electrons. The van der Waals surface area contributed by atoms with E-state index in [4.69, 9.17) is 0 Å². The highest BCUT2D eigenvalue weighted by Crippen LogP contribution is 2.20. The SMILES string of the molecule is CC(=O)N(C)c1ccc(NS(=O)(=O)c2cccc(C)c2)cc1. The highest BCUT2D eigenvalue weighted by Gasteiger charge is 2.14. The molecule has 6 heteroatoms. The molecule has 0 aliphatic heterocycles. The van der Waals surface area contributed by atoms with Crippen LogP contribution in [0.4, 0.5) is 11.4 Å². The van der Waals surface area contributed by atoms with Crippen LogP contribution in [0, 0.1) is 6.92 Å². The molecule has 2 rings (SSSR count). The van der Waals surface area contributed by atoms with Crippen LogP contribution < -0.4 is 9.62 Å². The van der Waals surface area contributed by atoms with Crippen molar-refractivity contribution >= 4 is 27.3 Å². The topological polar surface area (TPSA) is 66.5 Å². The lowest BCUT2D eigenvalue weighted by atomic mass is 10.2. The van der Waals surface area contributed by atoms with Crippen LogP contribution >= 0.6 is 0 Å². The molecule has 1 amide bonds. The van der Waals surface area contributed by atoms with E-state index < -0.39 is 10.0 Å². The first-order valence-electron chi connectivity index (χ1n) is 6.73. The fourth-order valence-corrected chi connectivity index (χ4v) is 3.09. The second-order valence-corrected chi connectivity index (χ2v) is 6.73. The largest absolute Gasteiger partial charge is 0.316 e. The first-order valence-corrected chi connectivity index (χ1v) is 8.22. The molecule has 0 aliphatic rings. The van der Waals surface area contributed by atoms with Gasteiger partial charge in [-0.05, 0) is 48.9 Å². The van der Waals surface area contributed by atoms with E-state index in [1.54, 1.807) is 49.5 Å². The van der Waals surface area contributed by atoms with Crippen LogP contribution in [-0.4, -0.2) is 21.4 Å². The minimum atomic E-state index is -3.62. The predicted molar refractivity (Wildman–Crippen MR) is 87.5 cm³/mol. The lowest BCUT2D eigenvalue weighted by Crippen LogP contribution is -2.22. The van der Waals surface area contributed by atoms with E-state index in [0.717, 1.165) is 5.56 Å². The molecule has 0 unspecified atom stereocenters. The van der Waals surface area contributed by atoms with E-state index in [-0.39, 0.29) is 10.8 Å². The van der Waals surface area contributed by atoms with Gasteiger partial charge in [0, 0.05) is 25.3 Å². The monoisotopic (exact) mass is 318 g/mol. The van der Waals surface area contributed by atoms with Crippen LogP contribution in [0.5, 0.6) is 0 Å². The third kappa shape index (κ3) is 3.65. The summed E-state index contributed by atoms with van der Waals surface area (Å²) in [6.07, 6.45) is 0. The first-order chi connectivity index (χ1) is 10.3. The zero-order valence-corrected chi connectivity index (χ0v) is 13.5. The molecule has 116 valence electrons. The lowest BCUT2D eigenvalue weighted by Gasteiger charge is -2.15. The molecule has 5 nitrogen and oxygen atoms in total. The minimum Gasteiger partial charge on any atom is -0.316 e. The van der Waals surface area contributed by atoms with Crippen molar-refractivity contribution in [3.63, 3.8) is 0 Å². The van der Waals surface area contributed by atoms with Gasteiger partial charge in [0.1, 0.15) is 0 Å². The normalized spacial score (nSPS) is 11.0. The molecule has 0 atom stereocenters. The highest BCUT2D eigenvalue weighted by atomic mass is 32.2. The standard InChI is InChI=1S/C16H18N2O3S/c1-12-5-4-6-16(11-12)22(20,21)17-14-7-9-15(10-8-14)18(3)13(2)19/h4-11,17H,1-3H3. The van der Waals surface area contributed by atoms with Gasteiger partial charge in [-0.1, -0.05) is 12.1 Å². The number of hydrogen-bond donors (Lipinski definition) is 1. The third-order valence-electron chi connectivity index (χ3n) is 3.28. The Balaban J connectivity index is 2.22. The summed E-state index contributed by atoms with van der Waals surface area (Å²) in [6, 6.07) is 13.3. The first kappa shape index (κ1) is 16.0. The fourth-order valence-electron chi connectivity index (χ4n) is 1.93. The van der Waals surface area contributed by atoms with Crippen molar-refractivity contribution < 1.29 is 13.2 Å². The number of rotatable bonds is 4. The van der Waals surface area contributed by atoms with Crippen LogP contribution in [0.3, 0.4) is 0 Å². The molecule has 22 heavy (non-hydrogen) atoms. The van der Waals surface area contributed by atoms with Gasteiger partial charge in [0.25, 0.3) is 10.0 Å². The zero-order valence-electron chi connectivity index (χ0n) is 12.7. The van der Waals surface area contributed by atoms with Crippen molar-refractivity contribution in [2.24, 2.45) is 0 Å². The maximum atomic E-state index is 12.3. The van der Waals surface area contributed by atoms with Crippen LogP contribution in [0.1, 0.15) is 12.5 Å². The number of amides is 1. The number of anilines is 2. The summed E-state index contributed by atoms with van der Waals surface area (Å²) in [4.78, 5) is 13.0. The van der Waals surface area contributed by atoms with Crippen LogP contribution in [-0.2, 0) is 14.8 Å². The number of carbonyl (C=O) groups is 1. The predicted octanol–water partition coefficient (Wildman–Crippen LogP) is 2.78. The molecule has 1 N–H and O–H groups in total. The second-order valence-electron chi connectivity index (χ2n) is 5.05. The van der Waals surface area contributed by atoms with Gasteiger partial charge in [-0.3, -0.25) is 9.52 Å². The van der Waals surface area contributed by atoms with Gasteiger partial charge in [-0.2, -0.15) is 0 Å². The van der Waals surface area contributed by atoms with Crippen LogP contribution in [0.2, 0.25) is 0 Å². The van der Waals surface area contributed by atoms with E-state index in [9.17, 15) is 13.2 Å². The van der Waals surface area contributed by atoms with Gasteiger partial charge >= 0.3 is 0 Å². The molecule has 0 aromatic heterocycles. The molecule has 2 aromatic rings. The maximum absolute atomic E-state index is 12.3. The van der Waals surface area contributed by atoms with Gasteiger partial charge in [-0.25, -0.2) is 8.42 Å². The van der Waals surface area contributed by atoms with E-state index >= 15 is 0 Å². The zero-order chi connectivity index (χ0) is 16.3. The molecule has 0 heterocycles. The molecular formula is C16H18N2O3S. The fraction of sp³-hybridized carbons (Fsp3) is 0.188. The van der Waals surface area contributed by atoms with Gasteiger partial charge in [0.2, 0.25) is 5.91 Å². The van der Waals surface area contributed by atoms with E-state index in [2.05, 4.69) is 4.72 Å².